The van der Waals surface area contributed by atoms with Gasteiger partial charge >= 0.3 is 0 Å². The number of piperidine rings is 1. The number of hydrogen-bond acceptors (Lipinski definition) is 3. The Kier molecular flexibility index (Phi) is 3.93. The fourth-order valence-corrected chi connectivity index (χ4v) is 2.27. The summed E-state index contributed by atoms with van der Waals surface area (Å²) >= 11 is 0. The predicted octanol–water partition coefficient (Wildman–Crippen LogP) is 0.720. The Morgan fingerprint density at radius 2 is 2.21 bits per heavy atom. The second-order valence-electron chi connectivity index (χ2n) is 4.99. The van der Waals surface area contributed by atoms with E-state index in [2.05, 4.69) is 12.2 Å². The van der Waals surface area contributed by atoms with E-state index in [1.807, 2.05) is 13.8 Å². The molecule has 1 rings (SSSR count). The summed E-state index contributed by atoms with van der Waals surface area (Å²) in [4.78, 5) is 0. The van der Waals surface area contributed by atoms with Crippen molar-refractivity contribution in [2.75, 3.05) is 13.1 Å². The van der Waals surface area contributed by atoms with Gasteiger partial charge in [0.2, 0.25) is 0 Å². The maximum Gasteiger partial charge on any atom is 0.0944 e. The van der Waals surface area contributed by atoms with E-state index in [9.17, 15) is 5.11 Å². The lowest BCUT2D eigenvalue weighted by atomic mass is 9.77. The average molecular weight is 200 g/mol. The van der Waals surface area contributed by atoms with E-state index in [0.29, 0.717) is 12.5 Å². The smallest absolute Gasteiger partial charge is 0.0944 e. The Bertz CT molecular complexity index is 184. The molecule has 3 unspecified atom stereocenters. The van der Waals surface area contributed by atoms with Crippen LogP contribution >= 0.6 is 0 Å². The molecule has 84 valence electrons. The molecule has 0 saturated carbocycles. The van der Waals surface area contributed by atoms with Crippen LogP contribution in [0.2, 0.25) is 0 Å². The first kappa shape index (κ1) is 12.0. The SMILES string of the molecule is CC1CCNC(C(O)(CN)C(C)C)C1. The van der Waals surface area contributed by atoms with Gasteiger partial charge in [0, 0.05) is 12.6 Å². The van der Waals surface area contributed by atoms with Gasteiger partial charge in [0.15, 0.2) is 0 Å². The Hall–Kier alpha value is -0.120. The molecule has 4 N–H and O–H groups in total. The molecule has 0 aromatic heterocycles. The quantitative estimate of drug-likeness (QED) is 0.629. The minimum Gasteiger partial charge on any atom is -0.387 e. The highest BCUT2D eigenvalue weighted by Crippen LogP contribution is 2.28. The third kappa shape index (κ3) is 2.27. The molecule has 0 amide bonds. The standard InChI is InChI=1S/C11H24N2O/c1-8(2)11(14,7-12)10-6-9(3)4-5-13-10/h8-10,13-14H,4-7,12H2,1-3H3. The highest BCUT2D eigenvalue weighted by Gasteiger charge is 2.40. The molecule has 0 aromatic carbocycles. The van der Waals surface area contributed by atoms with Gasteiger partial charge in [-0.3, -0.25) is 0 Å². The first-order valence-electron chi connectivity index (χ1n) is 5.66. The van der Waals surface area contributed by atoms with Crippen LogP contribution in [-0.2, 0) is 0 Å². The minimum absolute atomic E-state index is 0.163. The van der Waals surface area contributed by atoms with Crippen molar-refractivity contribution in [3.05, 3.63) is 0 Å². The van der Waals surface area contributed by atoms with Crippen LogP contribution in [0, 0.1) is 11.8 Å². The van der Waals surface area contributed by atoms with Gasteiger partial charge < -0.3 is 16.2 Å². The zero-order valence-corrected chi connectivity index (χ0v) is 9.59. The molecular weight excluding hydrogens is 176 g/mol. The maximum absolute atomic E-state index is 10.5. The lowest BCUT2D eigenvalue weighted by Gasteiger charge is -2.42. The molecule has 0 aliphatic carbocycles. The van der Waals surface area contributed by atoms with E-state index in [1.54, 1.807) is 0 Å². The monoisotopic (exact) mass is 200 g/mol. The summed E-state index contributed by atoms with van der Waals surface area (Å²) in [5.41, 5.74) is 4.95. The van der Waals surface area contributed by atoms with Gasteiger partial charge in [0.05, 0.1) is 5.60 Å². The van der Waals surface area contributed by atoms with Gasteiger partial charge in [-0.05, 0) is 31.2 Å². The van der Waals surface area contributed by atoms with Crippen molar-refractivity contribution in [3.63, 3.8) is 0 Å². The first-order valence-corrected chi connectivity index (χ1v) is 5.66. The van der Waals surface area contributed by atoms with Gasteiger partial charge in [0.1, 0.15) is 0 Å². The van der Waals surface area contributed by atoms with Crippen molar-refractivity contribution in [2.24, 2.45) is 17.6 Å². The lowest BCUT2D eigenvalue weighted by molar-refractivity contribution is -0.0437. The summed E-state index contributed by atoms with van der Waals surface area (Å²) in [6, 6.07) is 0.163. The number of nitrogens with two attached hydrogens (primary N) is 1. The Labute approximate surface area is 87.1 Å². The zero-order valence-electron chi connectivity index (χ0n) is 9.59. The normalized spacial score (nSPS) is 33.0. The fourth-order valence-electron chi connectivity index (χ4n) is 2.27. The number of aliphatic hydroxyl groups is 1. The van der Waals surface area contributed by atoms with Gasteiger partial charge in [-0.1, -0.05) is 20.8 Å². The number of nitrogens with one attached hydrogen (secondary N) is 1. The van der Waals surface area contributed by atoms with E-state index in [1.165, 1.54) is 6.42 Å². The summed E-state index contributed by atoms with van der Waals surface area (Å²) in [7, 11) is 0. The van der Waals surface area contributed by atoms with Crippen molar-refractivity contribution in [1.29, 1.82) is 0 Å². The predicted molar refractivity (Wildman–Crippen MR) is 59.0 cm³/mol. The molecule has 0 spiro atoms. The van der Waals surface area contributed by atoms with E-state index >= 15 is 0 Å². The van der Waals surface area contributed by atoms with Gasteiger partial charge in [0.25, 0.3) is 0 Å². The summed E-state index contributed by atoms with van der Waals surface area (Å²) in [5.74, 6) is 0.897. The molecule has 3 atom stereocenters. The molecule has 1 aliphatic rings. The van der Waals surface area contributed by atoms with E-state index < -0.39 is 5.60 Å². The fraction of sp³-hybridized carbons (Fsp3) is 1.00. The third-order valence-electron chi connectivity index (χ3n) is 3.60. The van der Waals surface area contributed by atoms with Crippen LogP contribution in [0.1, 0.15) is 33.6 Å². The van der Waals surface area contributed by atoms with Crippen molar-refractivity contribution in [1.82, 2.24) is 5.32 Å². The summed E-state index contributed by atoms with van der Waals surface area (Å²) < 4.78 is 0. The maximum atomic E-state index is 10.5. The van der Waals surface area contributed by atoms with Crippen LogP contribution in [0.4, 0.5) is 0 Å². The summed E-state index contributed by atoms with van der Waals surface area (Å²) in [5, 5.41) is 13.8. The molecule has 0 radical (unpaired) electrons. The molecule has 0 aromatic rings. The molecule has 1 heterocycles. The lowest BCUT2D eigenvalue weighted by Crippen LogP contribution is -2.60. The molecule has 14 heavy (non-hydrogen) atoms. The first-order chi connectivity index (χ1) is 6.50. The van der Waals surface area contributed by atoms with Gasteiger partial charge in [-0.25, -0.2) is 0 Å². The molecule has 1 aliphatic heterocycles. The minimum atomic E-state index is -0.741. The van der Waals surface area contributed by atoms with Crippen molar-refractivity contribution in [2.45, 2.75) is 45.3 Å². The molecule has 1 fully saturated rings. The average Bonchev–Trinajstić information content (AvgIpc) is 2.16. The number of rotatable bonds is 3. The zero-order chi connectivity index (χ0) is 10.8. The highest BCUT2D eigenvalue weighted by molar-refractivity contribution is 4.97. The second-order valence-corrected chi connectivity index (χ2v) is 4.99. The summed E-state index contributed by atoms with van der Waals surface area (Å²) in [6.07, 6.45) is 2.24. The molecule has 1 saturated heterocycles. The van der Waals surface area contributed by atoms with Crippen molar-refractivity contribution >= 4 is 0 Å². The largest absolute Gasteiger partial charge is 0.387 e. The third-order valence-corrected chi connectivity index (χ3v) is 3.60. The van der Waals surface area contributed by atoms with Gasteiger partial charge in [-0.2, -0.15) is 0 Å². The van der Waals surface area contributed by atoms with E-state index in [0.717, 1.165) is 13.0 Å². The Morgan fingerprint density at radius 1 is 1.57 bits per heavy atom. The highest BCUT2D eigenvalue weighted by atomic mass is 16.3. The van der Waals surface area contributed by atoms with Crippen LogP contribution in [0.25, 0.3) is 0 Å². The second kappa shape index (κ2) is 4.60. The number of hydrogen-bond donors (Lipinski definition) is 3. The van der Waals surface area contributed by atoms with Crippen LogP contribution in [0.15, 0.2) is 0 Å². The van der Waals surface area contributed by atoms with E-state index in [4.69, 9.17) is 5.73 Å². The van der Waals surface area contributed by atoms with E-state index in [-0.39, 0.29) is 12.0 Å². The van der Waals surface area contributed by atoms with Crippen LogP contribution < -0.4 is 11.1 Å². The molecule has 3 nitrogen and oxygen atoms in total. The summed E-state index contributed by atoms with van der Waals surface area (Å²) in [6.45, 7) is 7.66. The van der Waals surface area contributed by atoms with Crippen LogP contribution in [-0.4, -0.2) is 29.8 Å². The molecule has 0 bridgehead atoms. The van der Waals surface area contributed by atoms with Crippen LogP contribution in [0.5, 0.6) is 0 Å². The van der Waals surface area contributed by atoms with Crippen LogP contribution in [0.3, 0.4) is 0 Å². The van der Waals surface area contributed by atoms with Gasteiger partial charge in [-0.15, -0.1) is 0 Å². The Balaban J connectivity index is 2.68. The van der Waals surface area contributed by atoms with Crippen molar-refractivity contribution < 1.29 is 5.11 Å². The topological polar surface area (TPSA) is 58.3 Å². The Morgan fingerprint density at radius 3 is 2.64 bits per heavy atom. The molecular formula is C11H24N2O. The van der Waals surface area contributed by atoms with Crippen molar-refractivity contribution in [3.8, 4) is 0 Å². The molecule has 3 heteroatoms.